The number of carboxylic acid groups (broad SMARTS) is 1. The summed E-state index contributed by atoms with van der Waals surface area (Å²) < 4.78 is 5.34. The number of carbonyl (C=O) groups excluding carboxylic acids is 1. The van der Waals surface area contributed by atoms with E-state index in [1.54, 1.807) is 0 Å². The summed E-state index contributed by atoms with van der Waals surface area (Å²) in [5, 5.41) is 9.82. The van der Waals surface area contributed by atoms with Crippen LogP contribution in [-0.4, -0.2) is 23.7 Å². The number of hydrogen-bond donors (Lipinski definition) is 1. The quantitative estimate of drug-likeness (QED) is 0.638. The van der Waals surface area contributed by atoms with Crippen molar-refractivity contribution >= 4 is 11.9 Å². The summed E-state index contributed by atoms with van der Waals surface area (Å²) >= 11 is 0. The fourth-order valence-corrected chi connectivity index (χ4v) is 6.61. The van der Waals surface area contributed by atoms with Gasteiger partial charge in [-0.3, -0.25) is 4.79 Å². The number of aliphatic carboxylic acids is 1. The minimum absolute atomic E-state index is 0.0580. The van der Waals surface area contributed by atoms with Gasteiger partial charge in [0.05, 0.1) is 12.0 Å². The highest BCUT2D eigenvalue weighted by molar-refractivity contribution is 5.81. The molecule has 1 N–H and O–H groups in total. The molecule has 4 fully saturated rings. The number of hydrogen-bond acceptors (Lipinski definition) is 3. The third-order valence-corrected chi connectivity index (χ3v) is 5.84. The van der Waals surface area contributed by atoms with Crippen LogP contribution in [0.3, 0.4) is 0 Å². The SMILES string of the molecule is C=CC(=O)OCC12CC3(C)CC(C)(C1)CC(C(=O)O)(C3)C2. The third kappa shape index (κ3) is 2.19. The van der Waals surface area contributed by atoms with Crippen LogP contribution in [0.5, 0.6) is 0 Å². The maximum atomic E-state index is 11.9. The van der Waals surface area contributed by atoms with Crippen molar-refractivity contribution in [1.82, 2.24) is 0 Å². The van der Waals surface area contributed by atoms with E-state index in [0.717, 1.165) is 32.1 Å². The van der Waals surface area contributed by atoms with Crippen LogP contribution in [0.25, 0.3) is 0 Å². The van der Waals surface area contributed by atoms with E-state index in [-0.39, 0.29) is 16.2 Å². The lowest BCUT2D eigenvalue weighted by Crippen LogP contribution is -2.63. The second-order valence-corrected chi connectivity index (χ2v) is 8.58. The van der Waals surface area contributed by atoms with E-state index in [9.17, 15) is 14.7 Å². The molecule has 0 aromatic carbocycles. The first-order chi connectivity index (χ1) is 9.64. The number of carboxylic acids is 1. The van der Waals surface area contributed by atoms with Gasteiger partial charge in [0.15, 0.2) is 0 Å². The summed E-state index contributed by atoms with van der Waals surface area (Å²) in [7, 11) is 0. The van der Waals surface area contributed by atoms with Crippen LogP contribution in [0, 0.1) is 21.7 Å². The Balaban J connectivity index is 1.94. The summed E-state index contributed by atoms with van der Waals surface area (Å²) in [5.74, 6) is -1.08. The van der Waals surface area contributed by atoms with Gasteiger partial charge >= 0.3 is 11.9 Å². The largest absolute Gasteiger partial charge is 0.481 e. The molecule has 0 spiro atoms. The lowest BCUT2D eigenvalue weighted by molar-refractivity contribution is -0.217. The van der Waals surface area contributed by atoms with E-state index in [2.05, 4.69) is 20.4 Å². The summed E-state index contributed by atoms with van der Waals surface area (Å²) in [4.78, 5) is 23.4. The molecule has 4 saturated carbocycles. The van der Waals surface area contributed by atoms with E-state index in [1.807, 2.05) is 0 Å². The van der Waals surface area contributed by atoms with Gasteiger partial charge in [0, 0.05) is 11.5 Å². The van der Waals surface area contributed by atoms with Crippen molar-refractivity contribution in [1.29, 1.82) is 0 Å². The molecule has 0 aromatic rings. The Morgan fingerprint density at radius 3 is 2.14 bits per heavy atom. The van der Waals surface area contributed by atoms with Crippen LogP contribution in [0.15, 0.2) is 12.7 Å². The summed E-state index contributed by atoms with van der Waals surface area (Å²) in [5.41, 5.74) is -0.681. The fraction of sp³-hybridized carbons (Fsp3) is 0.765. The van der Waals surface area contributed by atoms with Crippen molar-refractivity contribution in [3.05, 3.63) is 12.7 Å². The molecule has 4 nitrogen and oxygen atoms in total. The van der Waals surface area contributed by atoms with E-state index < -0.39 is 17.4 Å². The predicted molar refractivity (Wildman–Crippen MR) is 77.6 cm³/mol. The molecule has 0 aliphatic heterocycles. The summed E-state index contributed by atoms with van der Waals surface area (Å²) in [6.45, 7) is 8.18. The lowest BCUT2D eigenvalue weighted by Gasteiger charge is -2.68. The van der Waals surface area contributed by atoms with Gasteiger partial charge in [-0.15, -0.1) is 0 Å². The van der Waals surface area contributed by atoms with Crippen LogP contribution in [0.1, 0.15) is 52.4 Å². The standard InChI is InChI=1S/C17H24O4/c1-4-12(18)21-11-16-6-14(2)5-15(3,7-16)9-17(8-14,10-16)13(19)20/h4H,1,5-11H2,2-3H3,(H,19,20). The maximum absolute atomic E-state index is 11.9. The van der Waals surface area contributed by atoms with E-state index in [4.69, 9.17) is 4.74 Å². The Morgan fingerprint density at radius 1 is 1.10 bits per heavy atom. The van der Waals surface area contributed by atoms with E-state index >= 15 is 0 Å². The first kappa shape index (κ1) is 14.6. The van der Waals surface area contributed by atoms with Crippen LogP contribution in [-0.2, 0) is 14.3 Å². The molecule has 0 saturated heterocycles. The Labute approximate surface area is 125 Å². The predicted octanol–water partition coefficient (Wildman–Crippen LogP) is 3.17. The molecule has 116 valence electrons. The average molecular weight is 292 g/mol. The molecular formula is C17H24O4. The van der Waals surface area contributed by atoms with Crippen LogP contribution in [0.2, 0.25) is 0 Å². The molecule has 4 bridgehead atoms. The van der Waals surface area contributed by atoms with Crippen molar-refractivity contribution in [3.8, 4) is 0 Å². The van der Waals surface area contributed by atoms with Crippen molar-refractivity contribution in [3.63, 3.8) is 0 Å². The Bertz CT molecular complexity index is 503. The summed E-state index contributed by atoms with van der Waals surface area (Å²) in [6, 6.07) is 0. The average Bonchev–Trinajstić information content (AvgIpc) is 2.31. The molecule has 0 heterocycles. The number of esters is 1. The molecular weight excluding hydrogens is 268 g/mol. The Kier molecular flexibility index (Phi) is 2.86. The summed E-state index contributed by atoms with van der Waals surface area (Å²) in [6.07, 6.45) is 6.38. The highest BCUT2D eigenvalue weighted by Crippen LogP contribution is 2.73. The molecule has 0 amide bonds. The molecule has 4 heteroatoms. The van der Waals surface area contributed by atoms with Gasteiger partial charge in [-0.1, -0.05) is 20.4 Å². The number of ether oxygens (including phenoxy) is 1. The monoisotopic (exact) mass is 292 g/mol. The molecule has 4 aliphatic carbocycles. The molecule has 4 aliphatic rings. The normalized spacial score (nSPS) is 47.1. The van der Waals surface area contributed by atoms with Crippen molar-refractivity contribution in [2.75, 3.05) is 6.61 Å². The highest BCUT2D eigenvalue weighted by atomic mass is 16.5. The molecule has 21 heavy (non-hydrogen) atoms. The minimum atomic E-state index is -0.668. The Hall–Kier alpha value is -1.32. The fourth-order valence-electron chi connectivity index (χ4n) is 6.61. The molecule has 2 unspecified atom stereocenters. The molecule has 0 aromatic heterocycles. The first-order valence-electron chi connectivity index (χ1n) is 7.67. The van der Waals surface area contributed by atoms with Gasteiger partial charge < -0.3 is 9.84 Å². The van der Waals surface area contributed by atoms with Gasteiger partial charge in [-0.05, 0) is 49.4 Å². The topological polar surface area (TPSA) is 63.6 Å². The number of carbonyl (C=O) groups is 2. The molecule has 0 radical (unpaired) electrons. The Morgan fingerprint density at radius 2 is 1.67 bits per heavy atom. The van der Waals surface area contributed by atoms with E-state index in [1.165, 1.54) is 6.08 Å². The van der Waals surface area contributed by atoms with Crippen molar-refractivity contribution < 1.29 is 19.4 Å². The highest BCUT2D eigenvalue weighted by Gasteiger charge is 2.68. The van der Waals surface area contributed by atoms with Gasteiger partial charge in [0.1, 0.15) is 0 Å². The van der Waals surface area contributed by atoms with Crippen molar-refractivity contribution in [2.24, 2.45) is 21.7 Å². The zero-order valence-corrected chi connectivity index (χ0v) is 12.9. The minimum Gasteiger partial charge on any atom is -0.481 e. The zero-order chi connectivity index (χ0) is 15.5. The smallest absolute Gasteiger partial charge is 0.330 e. The maximum Gasteiger partial charge on any atom is 0.330 e. The second-order valence-electron chi connectivity index (χ2n) is 8.58. The third-order valence-electron chi connectivity index (χ3n) is 5.84. The number of rotatable bonds is 4. The van der Waals surface area contributed by atoms with Crippen molar-refractivity contribution in [2.45, 2.75) is 52.4 Å². The lowest BCUT2D eigenvalue weighted by atomic mass is 9.36. The van der Waals surface area contributed by atoms with Gasteiger partial charge in [-0.2, -0.15) is 0 Å². The van der Waals surface area contributed by atoms with Gasteiger partial charge in [0.2, 0.25) is 0 Å². The second kappa shape index (κ2) is 4.11. The van der Waals surface area contributed by atoms with Gasteiger partial charge in [-0.25, -0.2) is 4.79 Å². The van der Waals surface area contributed by atoms with Crippen LogP contribution < -0.4 is 0 Å². The van der Waals surface area contributed by atoms with Crippen LogP contribution in [0.4, 0.5) is 0 Å². The first-order valence-corrected chi connectivity index (χ1v) is 7.67. The van der Waals surface area contributed by atoms with Gasteiger partial charge in [0.25, 0.3) is 0 Å². The van der Waals surface area contributed by atoms with E-state index in [0.29, 0.717) is 13.0 Å². The molecule has 4 rings (SSSR count). The van der Waals surface area contributed by atoms with Crippen LogP contribution >= 0.6 is 0 Å². The molecule has 2 atom stereocenters. The zero-order valence-electron chi connectivity index (χ0n) is 12.9.